The second-order valence-electron chi connectivity index (χ2n) is 1.60. The molecule has 44 valence electrons. The Morgan fingerprint density at radius 1 is 1.86 bits per heavy atom. The molecule has 7 heavy (non-hydrogen) atoms. The molecule has 0 heterocycles. The van der Waals surface area contributed by atoms with Gasteiger partial charge < -0.3 is 10.4 Å². The molecule has 3 nitrogen and oxygen atoms in total. The van der Waals surface area contributed by atoms with Gasteiger partial charge in [-0.1, -0.05) is 0 Å². The van der Waals surface area contributed by atoms with Crippen LogP contribution in [0, 0.1) is 0 Å². The minimum atomic E-state index is -0.963. The van der Waals surface area contributed by atoms with E-state index >= 15 is 0 Å². The van der Waals surface area contributed by atoms with E-state index < -0.39 is 6.09 Å². The van der Waals surface area contributed by atoms with E-state index in [4.69, 9.17) is 5.11 Å². The quantitative estimate of drug-likeness (QED) is 0.520. The van der Waals surface area contributed by atoms with Crippen LogP contribution < -0.4 is 5.32 Å². The van der Waals surface area contributed by atoms with Crippen molar-refractivity contribution in [1.82, 2.24) is 5.32 Å². The zero-order chi connectivity index (χ0) is 5.86. The Balaban J connectivity index is 0. The third-order valence-electron chi connectivity index (χ3n) is 0.412. The molecule has 0 aliphatic carbocycles. The summed E-state index contributed by atoms with van der Waals surface area (Å²) in [5, 5.41) is 10.2. The van der Waals surface area contributed by atoms with E-state index in [1.807, 2.05) is 0 Å². The maximum atomic E-state index is 9.70. The highest BCUT2D eigenvalue weighted by Crippen LogP contribution is 1.72. The highest BCUT2D eigenvalue weighted by atomic mass is 16.4. The Morgan fingerprint density at radius 2 is 2.29 bits per heavy atom. The first kappa shape index (κ1) is 6.27. The predicted octanol–water partition coefficient (Wildman–Crippen LogP) is 0.908. The molecule has 2 N–H and O–H groups in total. The summed E-state index contributed by atoms with van der Waals surface area (Å²) in [7, 11) is 0. The lowest BCUT2D eigenvalue weighted by Crippen LogP contribution is -2.27. The van der Waals surface area contributed by atoms with Gasteiger partial charge in [0.1, 0.15) is 0 Å². The largest absolute Gasteiger partial charge is 0.465 e. The molecule has 0 rings (SSSR count). The molecule has 0 saturated heterocycles. The first-order valence-corrected chi connectivity index (χ1v) is 2.12. The Hall–Kier alpha value is -0.730. The molecule has 0 aromatic carbocycles. The lowest BCUT2D eigenvalue weighted by Gasteiger charge is -2.00. The zero-order valence-corrected chi connectivity index (χ0v) is 4.43. The predicted molar refractivity (Wildman–Crippen MR) is 28.4 cm³/mol. The first-order chi connectivity index (χ1) is 3.13. The number of rotatable bonds is 1. The first-order valence-electron chi connectivity index (χ1n) is 2.12. The molecule has 1 amide bonds. The highest BCUT2D eigenvalue weighted by molar-refractivity contribution is 5.64. The third-order valence-corrected chi connectivity index (χ3v) is 0.412. The monoisotopic (exact) mass is 105 g/mol. The van der Waals surface area contributed by atoms with E-state index in [9.17, 15) is 4.79 Å². The summed E-state index contributed by atoms with van der Waals surface area (Å²) in [6.45, 7) is 3.54. The van der Waals surface area contributed by atoms with Crippen molar-refractivity contribution >= 4 is 6.09 Å². The van der Waals surface area contributed by atoms with Crippen LogP contribution in [0.5, 0.6) is 0 Å². The van der Waals surface area contributed by atoms with Crippen LogP contribution in [0.4, 0.5) is 4.79 Å². The zero-order valence-electron chi connectivity index (χ0n) is 4.43. The molecular formula is C4H11NO2. The van der Waals surface area contributed by atoms with Crippen LogP contribution >= 0.6 is 0 Å². The second-order valence-corrected chi connectivity index (χ2v) is 1.60. The van der Waals surface area contributed by atoms with Crippen LogP contribution in [0.2, 0.25) is 0 Å². The molecule has 0 saturated carbocycles. The highest BCUT2D eigenvalue weighted by Gasteiger charge is 1.94. The van der Waals surface area contributed by atoms with Crippen molar-refractivity contribution < 1.29 is 11.3 Å². The van der Waals surface area contributed by atoms with Crippen molar-refractivity contribution in [3.8, 4) is 0 Å². The maximum Gasteiger partial charge on any atom is 0.404 e. The number of hydrogen-bond acceptors (Lipinski definition) is 1. The molecule has 0 fully saturated rings. The Morgan fingerprint density at radius 3 is 2.29 bits per heavy atom. The lowest BCUT2D eigenvalue weighted by molar-refractivity contribution is 0.191. The van der Waals surface area contributed by atoms with Crippen LogP contribution in [0.15, 0.2) is 0 Å². The summed E-state index contributed by atoms with van der Waals surface area (Å²) in [4.78, 5) is 9.70. The van der Waals surface area contributed by atoms with Crippen LogP contribution in [0.1, 0.15) is 15.3 Å². The SMILES string of the molecule is CC(C)NC(=O)O.[HH]. The van der Waals surface area contributed by atoms with Gasteiger partial charge in [-0.3, -0.25) is 0 Å². The average Bonchev–Trinajstić information content (AvgIpc) is 1.27. The van der Waals surface area contributed by atoms with Crippen molar-refractivity contribution in [2.24, 2.45) is 0 Å². The molecule has 0 unspecified atom stereocenters. The summed E-state index contributed by atoms with van der Waals surface area (Å²) in [5.41, 5.74) is 0. The van der Waals surface area contributed by atoms with E-state index in [1.54, 1.807) is 13.8 Å². The average molecular weight is 105 g/mol. The summed E-state index contributed by atoms with van der Waals surface area (Å²) in [6, 6.07) is 0.0255. The van der Waals surface area contributed by atoms with Gasteiger partial charge in [0, 0.05) is 7.47 Å². The number of hydrogen-bond donors (Lipinski definition) is 2. The molecule has 3 heteroatoms. The number of nitrogens with one attached hydrogen (secondary N) is 1. The van der Waals surface area contributed by atoms with Gasteiger partial charge in [0.25, 0.3) is 0 Å². The Bertz CT molecular complexity index is 74.4. The minimum Gasteiger partial charge on any atom is -0.465 e. The standard InChI is InChI=1S/C4H9NO2.H2/c1-3(2)5-4(6)7;/h3,5H,1-2H3,(H,6,7);1H. The van der Waals surface area contributed by atoms with Crippen molar-refractivity contribution in [1.29, 1.82) is 0 Å². The van der Waals surface area contributed by atoms with E-state index in [1.165, 1.54) is 0 Å². The van der Waals surface area contributed by atoms with Crippen molar-refractivity contribution in [3.63, 3.8) is 0 Å². The van der Waals surface area contributed by atoms with Crippen molar-refractivity contribution in [2.75, 3.05) is 0 Å². The van der Waals surface area contributed by atoms with Crippen LogP contribution in [-0.4, -0.2) is 17.2 Å². The van der Waals surface area contributed by atoms with Gasteiger partial charge in [0.05, 0.1) is 0 Å². The van der Waals surface area contributed by atoms with Gasteiger partial charge in [-0.05, 0) is 13.8 Å². The van der Waals surface area contributed by atoms with E-state index in [0.29, 0.717) is 0 Å². The Labute approximate surface area is 43.8 Å². The second kappa shape index (κ2) is 2.44. The molecule has 0 bridgehead atoms. The summed E-state index contributed by atoms with van der Waals surface area (Å²) < 4.78 is 0. The van der Waals surface area contributed by atoms with Gasteiger partial charge in [-0.2, -0.15) is 0 Å². The number of amides is 1. The smallest absolute Gasteiger partial charge is 0.404 e. The molecule has 0 radical (unpaired) electrons. The fourth-order valence-corrected chi connectivity index (χ4v) is 0.247. The van der Waals surface area contributed by atoms with E-state index in [-0.39, 0.29) is 7.47 Å². The summed E-state index contributed by atoms with van der Waals surface area (Å²) >= 11 is 0. The fraction of sp³-hybridized carbons (Fsp3) is 0.750. The van der Waals surface area contributed by atoms with Crippen LogP contribution in [0.25, 0.3) is 0 Å². The van der Waals surface area contributed by atoms with Crippen LogP contribution in [-0.2, 0) is 0 Å². The fourth-order valence-electron chi connectivity index (χ4n) is 0.247. The maximum absolute atomic E-state index is 9.70. The number of carbonyl (C=O) groups is 1. The Kier molecular flexibility index (Phi) is 2.19. The molecular weight excluding hydrogens is 94.0 g/mol. The normalized spacial score (nSPS) is 9.00. The number of carboxylic acid groups (broad SMARTS) is 1. The molecule has 0 spiro atoms. The lowest BCUT2D eigenvalue weighted by atomic mass is 10.4. The van der Waals surface area contributed by atoms with Gasteiger partial charge in [0.15, 0.2) is 0 Å². The van der Waals surface area contributed by atoms with Gasteiger partial charge in [0.2, 0.25) is 0 Å². The van der Waals surface area contributed by atoms with Crippen molar-refractivity contribution in [2.45, 2.75) is 19.9 Å². The van der Waals surface area contributed by atoms with Gasteiger partial charge >= 0.3 is 6.09 Å². The molecule has 0 aromatic rings. The summed E-state index contributed by atoms with van der Waals surface area (Å²) in [6.07, 6.45) is -0.963. The molecule has 0 aromatic heterocycles. The summed E-state index contributed by atoms with van der Waals surface area (Å²) in [5.74, 6) is 0. The third kappa shape index (κ3) is 5.27. The topological polar surface area (TPSA) is 49.3 Å². The van der Waals surface area contributed by atoms with Crippen LogP contribution in [0.3, 0.4) is 0 Å². The van der Waals surface area contributed by atoms with E-state index in [2.05, 4.69) is 5.32 Å². The molecule has 0 aliphatic rings. The molecule has 0 aliphatic heterocycles. The van der Waals surface area contributed by atoms with Gasteiger partial charge in [-0.15, -0.1) is 0 Å². The minimum absolute atomic E-state index is 0. The van der Waals surface area contributed by atoms with E-state index in [0.717, 1.165) is 0 Å². The van der Waals surface area contributed by atoms with Gasteiger partial charge in [-0.25, -0.2) is 4.79 Å². The molecule has 0 atom stereocenters. The van der Waals surface area contributed by atoms with Crippen molar-refractivity contribution in [3.05, 3.63) is 0 Å².